The molecular weight excluding hydrogens is 234 g/mol. The van der Waals surface area contributed by atoms with Crippen molar-refractivity contribution in [1.29, 1.82) is 0 Å². The average Bonchev–Trinajstić information content (AvgIpc) is 2.19. The maximum atomic E-state index is 11.0. The van der Waals surface area contributed by atoms with Crippen LogP contribution in [0.4, 0.5) is 0 Å². The number of nitrogens with two attached hydrogens (primary N) is 1. The summed E-state index contributed by atoms with van der Waals surface area (Å²) in [5.41, 5.74) is 7.34. The molecule has 15 heavy (non-hydrogen) atoms. The predicted molar refractivity (Wildman–Crippen MR) is 65.7 cm³/mol. The molecule has 3 N–H and O–H groups in total. The lowest BCUT2D eigenvalue weighted by Gasteiger charge is -1.99. The van der Waals surface area contributed by atoms with Gasteiger partial charge in [-0.1, -0.05) is 21.6 Å². The van der Waals surface area contributed by atoms with E-state index in [0.29, 0.717) is 24.3 Å². The highest BCUT2D eigenvalue weighted by Crippen LogP contribution is 2.22. The Bertz CT molecular complexity index is 234. The highest BCUT2D eigenvalue weighted by Gasteiger charge is 2.00. The highest BCUT2D eigenvalue weighted by atomic mass is 33.1. The first-order valence-electron chi connectivity index (χ1n) is 4.46. The Kier molecular flexibility index (Phi) is 9.40. The van der Waals surface area contributed by atoms with Crippen molar-refractivity contribution in [2.75, 3.05) is 11.5 Å². The molecule has 0 aromatic heterocycles. The van der Waals surface area contributed by atoms with Gasteiger partial charge in [0.05, 0.1) is 0 Å². The van der Waals surface area contributed by atoms with Gasteiger partial charge < -0.3 is 5.73 Å². The number of nitrogens with zero attached hydrogens (tertiary/aromatic N) is 1. The van der Waals surface area contributed by atoms with E-state index in [4.69, 9.17) is 5.73 Å². The van der Waals surface area contributed by atoms with Crippen molar-refractivity contribution in [3.8, 4) is 0 Å². The van der Waals surface area contributed by atoms with Gasteiger partial charge >= 0.3 is 0 Å². The number of hydrogen-bond acceptors (Lipinski definition) is 5. The molecule has 0 unspecified atom stereocenters. The van der Waals surface area contributed by atoms with Crippen molar-refractivity contribution in [3.63, 3.8) is 0 Å². The SMILES string of the molecule is C/C=N/NC(=O)CCSSCCC(N)=O. The van der Waals surface area contributed by atoms with E-state index in [1.165, 1.54) is 6.21 Å². The summed E-state index contributed by atoms with van der Waals surface area (Å²) in [6.45, 7) is 1.73. The van der Waals surface area contributed by atoms with Gasteiger partial charge in [-0.05, 0) is 6.92 Å². The van der Waals surface area contributed by atoms with E-state index in [9.17, 15) is 9.59 Å². The fourth-order valence-corrected chi connectivity index (χ4v) is 2.58. The number of carbonyl (C=O) groups excluding carboxylic acids is 2. The summed E-state index contributed by atoms with van der Waals surface area (Å²) in [6.07, 6.45) is 2.32. The molecule has 0 fully saturated rings. The molecule has 0 saturated carbocycles. The number of carbonyl (C=O) groups is 2. The first kappa shape index (κ1) is 14.3. The van der Waals surface area contributed by atoms with E-state index >= 15 is 0 Å². The van der Waals surface area contributed by atoms with E-state index in [1.807, 2.05) is 0 Å². The number of nitrogens with one attached hydrogen (secondary N) is 1. The molecule has 0 bridgehead atoms. The minimum atomic E-state index is -0.293. The van der Waals surface area contributed by atoms with Gasteiger partial charge in [-0.25, -0.2) is 5.43 Å². The van der Waals surface area contributed by atoms with Crippen LogP contribution < -0.4 is 11.2 Å². The van der Waals surface area contributed by atoms with Crippen molar-refractivity contribution in [2.24, 2.45) is 10.8 Å². The molecule has 0 rings (SSSR count). The van der Waals surface area contributed by atoms with E-state index in [-0.39, 0.29) is 11.8 Å². The third-order valence-electron chi connectivity index (χ3n) is 1.25. The molecule has 0 aliphatic carbocycles. The second-order valence-electron chi connectivity index (χ2n) is 2.53. The third-order valence-corrected chi connectivity index (χ3v) is 3.65. The lowest BCUT2D eigenvalue weighted by Crippen LogP contribution is -2.17. The number of primary amides is 1. The van der Waals surface area contributed by atoms with Gasteiger partial charge in [0, 0.05) is 30.6 Å². The summed E-state index contributed by atoms with van der Waals surface area (Å²) in [7, 11) is 3.10. The van der Waals surface area contributed by atoms with Crippen LogP contribution >= 0.6 is 21.6 Å². The van der Waals surface area contributed by atoms with Gasteiger partial charge in [-0.2, -0.15) is 5.10 Å². The van der Waals surface area contributed by atoms with Crippen LogP contribution in [0.2, 0.25) is 0 Å². The molecule has 86 valence electrons. The van der Waals surface area contributed by atoms with Crippen LogP contribution in [0.3, 0.4) is 0 Å². The zero-order valence-corrected chi connectivity index (χ0v) is 10.2. The van der Waals surface area contributed by atoms with Crippen LogP contribution in [0, 0.1) is 0 Å². The summed E-state index contributed by atoms with van der Waals surface area (Å²) in [5, 5.41) is 3.61. The standard InChI is InChI=1S/C8H15N3O2S2/c1-2-10-11-8(13)4-6-15-14-5-3-7(9)12/h2H,3-6H2,1H3,(H2,9,12)(H,11,13)/b10-2+. The molecule has 0 aliphatic rings. The number of rotatable bonds is 8. The Morgan fingerprint density at radius 2 is 1.93 bits per heavy atom. The molecule has 7 heteroatoms. The molecule has 0 aromatic carbocycles. The minimum absolute atomic E-state index is 0.101. The van der Waals surface area contributed by atoms with Gasteiger partial charge in [0.15, 0.2) is 0 Å². The van der Waals surface area contributed by atoms with E-state index in [2.05, 4.69) is 10.5 Å². The van der Waals surface area contributed by atoms with Gasteiger partial charge in [0.2, 0.25) is 11.8 Å². The molecule has 0 aliphatic heterocycles. The molecule has 0 saturated heterocycles. The topological polar surface area (TPSA) is 84.6 Å². The monoisotopic (exact) mass is 249 g/mol. The summed E-state index contributed by atoms with van der Waals surface area (Å²) in [4.78, 5) is 21.4. The Hall–Kier alpha value is -0.690. The van der Waals surface area contributed by atoms with Crippen molar-refractivity contribution in [2.45, 2.75) is 19.8 Å². The summed E-state index contributed by atoms with van der Waals surface area (Å²) >= 11 is 0. The van der Waals surface area contributed by atoms with Crippen LogP contribution in [0.25, 0.3) is 0 Å². The van der Waals surface area contributed by atoms with Crippen molar-refractivity contribution in [3.05, 3.63) is 0 Å². The zero-order chi connectivity index (χ0) is 11.5. The molecule has 0 atom stereocenters. The first-order valence-corrected chi connectivity index (χ1v) is 6.95. The molecule has 2 amide bonds. The van der Waals surface area contributed by atoms with Crippen LogP contribution in [0.5, 0.6) is 0 Å². The minimum Gasteiger partial charge on any atom is -0.370 e. The van der Waals surface area contributed by atoms with Crippen molar-refractivity contribution >= 4 is 39.6 Å². The van der Waals surface area contributed by atoms with Gasteiger partial charge in [-0.3, -0.25) is 9.59 Å². The van der Waals surface area contributed by atoms with Crippen molar-refractivity contribution < 1.29 is 9.59 Å². The number of hydrogen-bond donors (Lipinski definition) is 2. The van der Waals surface area contributed by atoms with E-state index in [1.54, 1.807) is 28.5 Å². The van der Waals surface area contributed by atoms with Gasteiger partial charge in [0.25, 0.3) is 0 Å². The van der Waals surface area contributed by atoms with Crippen LogP contribution in [0.15, 0.2) is 5.10 Å². The molecular formula is C8H15N3O2S2. The van der Waals surface area contributed by atoms with Crippen LogP contribution in [-0.4, -0.2) is 29.5 Å². The second-order valence-corrected chi connectivity index (χ2v) is 5.23. The summed E-state index contributed by atoms with van der Waals surface area (Å²) < 4.78 is 0. The zero-order valence-electron chi connectivity index (χ0n) is 8.56. The predicted octanol–water partition coefficient (Wildman–Crippen LogP) is 0.755. The quantitative estimate of drug-likeness (QED) is 0.288. The Labute approximate surface area is 97.0 Å². The fourth-order valence-electron chi connectivity index (χ4n) is 0.587. The second kappa shape index (κ2) is 9.85. The molecule has 0 radical (unpaired) electrons. The summed E-state index contributed by atoms with van der Waals surface area (Å²) in [5.74, 6) is 0.998. The van der Waals surface area contributed by atoms with E-state index < -0.39 is 0 Å². The maximum Gasteiger partial charge on any atom is 0.240 e. The summed E-state index contributed by atoms with van der Waals surface area (Å²) in [6, 6.07) is 0. The average molecular weight is 249 g/mol. The number of hydrazone groups is 1. The maximum absolute atomic E-state index is 11.0. The molecule has 0 aromatic rings. The van der Waals surface area contributed by atoms with Crippen molar-refractivity contribution in [1.82, 2.24) is 5.43 Å². The Morgan fingerprint density at radius 1 is 1.33 bits per heavy atom. The molecule has 0 heterocycles. The smallest absolute Gasteiger partial charge is 0.240 e. The normalized spacial score (nSPS) is 10.5. The lowest BCUT2D eigenvalue weighted by molar-refractivity contribution is -0.120. The fraction of sp³-hybridized carbons (Fsp3) is 0.625. The lowest BCUT2D eigenvalue weighted by atomic mass is 10.5. The Balaban J connectivity index is 3.23. The van der Waals surface area contributed by atoms with Crippen LogP contribution in [0.1, 0.15) is 19.8 Å². The van der Waals surface area contributed by atoms with Gasteiger partial charge in [0.1, 0.15) is 0 Å². The highest BCUT2D eigenvalue weighted by molar-refractivity contribution is 8.76. The van der Waals surface area contributed by atoms with Gasteiger partial charge in [-0.15, -0.1) is 0 Å². The number of amides is 2. The van der Waals surface area contributed by atoms with Crippen LogP contribution in [-0.2, 0) is 9.59 Å². The van der Waals surface area contributed by atoms with E-state index in [0.717, 1.165) is 0 Å². The molecule has 5 nitrogen and oxygen atoms in total. The Morgan fingerprint density at radius 3 is 2.47 bits per heavy atom. The largest absolute Gasteiger partial charge is 0.370 e. The molecule has 0 spiro atoms. The third kappa shape index (κ3) is 11.2. The first-order chi connectivity index (χ1) is 7.16.